The van der Waals surface area contributed by atoms with Crippen LogP contribution in [0, 0.1) is 11.6 Å². The molecule has 2 heterocycles. The van der Waals surface area contributed by atoms with Gasteiger partial charge in [-0.25, -0.2) is 13.6 Å². The van der Waals surface area contributed by atoms with Gasteiger partial charge in [-0.05, 0) is 36.8 Å². The number of esters is 1. The standard InChI is InChI=1S/C22H16ClF2N3O3/c1-2-8-31-22(30)17-10-19(29)27-18-11-26-21(20-14(24)4-3-5-15(20)25)13-9-12(23)6-7-16(13)28(17)18/h3-7,9-10H,2,8,11H2,1H3. The first-order valence-corrected chi connectivity index (χ1v) is 9.87. The van der Waals surface area contributed by atoms with Crippen LogP contribution in [0.25, 0.3) is 5.69 Å². The molecular formula is C22H16ClF2N3O3. The van der Waals surface area contributed by atoms with Gasteiger partial charge < -0.3 is 4.74 Å². The number of aliphatic imine (C=N–C) groups is 1. The molecule has 1 aliphatic heterocycles. The van der Waals surface area contributed by atoms with E-state index in [1.807, 2.05) is 6.92 Å². The molecule has 9 heteroatoms. The highest BCUT2D eigenvalue weighted by molar-refractivity contribution is 6.31. The number of hydrogen-bond donors (Lipinski definition) is 0. The van der Waals surface area contributed by atoms with Crippen molar-refractivity contribution in [2.24, 2.45) is 4.99 Å². The molecule has 0 saturated heterocycles. The van der Waals surface area contributed by atoms with Crippen molar-refractivity contribution in [3.8, 4) is 5.69 Å². The largest absolute Gasteiger partial charge is 0.461 e. The molecule has 6 nitrogen and oxygen atoms in total. The van der Waals surface area contributed by atoms with Crippen LogP contribution < -0.4 is 5.56 Å². The fourth-order valence-electron chi connectivity index (χ4n) is 3.39. The number of ether oxygens (including phenoxy) is 1. The SMILES string of the molecule is CCCOC(=O)c1cc(=O)nc2n1-c1ccc(Cl)cc1C(c1c(F)cccc1F)=NC2. The van der Waals surface area contributed by atoms with E-state index in [1.165, 1.54) is 16.7 Å². The van der Waals surface area contributed by atoms with Crippen LogP contribution in [0.4, 0.5) is 8.78 Å². The van der Waals surface area contributed by atoms with Gasteiger partial charge in [-0.15, -0.1) is 0 Å². The normalized spacial score (nSPS) is 12.5. The molecule has 0 saturated carbocycles. The quantitative estimate of drug-likeness (QED) is 0.569. The summed E-state index contributed by atoms with van der Waals surface area (Å²) < 4.78 is 35.8. The summed E-state index contributed by atoms with van der Waals surface area (Å²) in [7, 11) is 0. The molecule has 4 rings (SSSR count). The second-order valence-corrected chi connectivity index (χ2v) is 7.23. The first kappa shape index (κ1) is 20.9. The molecule has 0 radical (unpaired) electrons. The lowest BCUT2D eigenvalue weighted by Crippen LogP contribution is -2.24. The van der Waals surface area contributed by atoms with Gasteiger partial charge in [-0.2, -0.15) is 4.98 Å². The van der Waals surface area contributed by atoms with Crippen LogP contribution >= 0.6 is 11.6 Å². The van der Waals surface area contributed by atoms with E-state index >= 15 is 0 Å². The molecule has 0 fully saturated rings. The average molecular weight is 444 g/mol. The Morgan fingerprint density at radius 1 is 1.19 bits per heavy atom. The lowest BCUT2D eigenvalue weighted by molar-refractivity contribution is 0.0493. The van der Waals surface area contributed by atoms with E-state index in [9.17, 15) is 18.4 Å². The predicted octanol–water partition coefficient (Wildman–Crippen LogP) is 4.08. The summed E-state index contributed by atoms with van der Waals surface area (Å²) in [6.45, 7) is 1.81. The van der Waals surface area contributed by atoms with Crippen molar-refractivity contribution >= 4 is 23.3 Å². The van der Waals surface area contributed by atoms with Crippen molar-refractivity contribution in [3.05, 3.63) is 92.1 Å². The molecule has 0 aliphatic carbocycles. The summed E-state index contributed by atoms with van der Waals surface area (Å²) in [6.07, 6.45) is 0.597. The molecule has 0 spiro atoms. The second kappa shape index (κ2) is 8.39. The molecule has 31 heavy (non-hydrogen) atoms. The van der Waals surface area contributed by atoms with Gasteiger partial charge in [-0.1, -0.05) is 24.6 Å². The number of carbonyl (C=O) groups excluding carboxylic acids is 1. The van der Waals surface area contributed by atoms with Gasteiger partial charge in [0.25, 0.3) is 5.56 Å². The van der Waals surface area contributed by atoms with E-state index in [4.69, 9.17) is 16.3 Å². The maximum absolute atomic E-state index is 14.6. The van der Waals surface area contributed by atoms with Crippen molar-refractivity contribution in [1.29, 1.82) is 0 Å². The first-order chi connectivity index (χ1) is 14.9. The van der Waals surface area contributed by atoms with Gasteiger partial charge in [0.1, 0.15) is 23.2 Å². The minimum Gasteiger partial charge on any atom is -0.461 e. The third kappa shape index (κ3) is 3.86. The highest BCUT2D eigenvalue weighted by Gasteiger charge is 2.27. The third-order valence-electron chi connectivity index (χ3n) is 4.68. The Balaban J connectivity index is 2.01. The van der Waals surface area contributed by atoms with Crippen LogP contribution in [0.1, 0.15) is 40.8 Å². The van der Waals surface area contributed by atoms with Gasteiger partial charge in [0, 0.05) is 16.7 Å². The third-order valence-corrected chi connectivity index (χ3v) is 4.91. The number of carbonyl (C=O) groups is 1. The highest BCUT2D eigenvalue weighted by atomic mass is 35.5. The molecule has 1 aliphatic rings. The van der Waals surface area contributed by atoms with Crippen molar-refractivity contribution in [2.45, 2.75) is 19.9 Å². The Labute approximate surface area is 180 Å². The monoisotopic (exact) mass is 443 g/mol. The molecule has 1 aromatic heterocycles. The van der Waals surface area contributed by atoms with Gasteiger partial charge in [0.2, 0.25) is 0 Å². The molecular weight excluding hydrogens is 428 g/mol. The number of rotatable bonds is 4. The number of nitrogens with zero attached hydrogens (tertiary/aromatic N) is 3. The fraction of sp³-hybridized carbons (Fsp3) is 0.182. The lowest BCUT2D eigenvalue weighted by Gasteiger charge is -2.18. The maximum Gasteiger partial charge on any atom is 0.355 e. The molecule has 0 atom stereocenters. The molecule has 0 N–H and O–H groups in total. The summed E-state index contributed by atoms with van der Waals surface area (Å²) >= 11 is 6.18. The van der Waals surface area contributed by atoms with E-state index in [-0.39, 0.29) is 41.5 Å². The van der Waals surface area contributed by atoms with Crippen LogP contribution in [-0.4, -0.2) is 27.8 Å². The van der Waals surface area contributed by atoms with E-state index in [2.05, 4.69) is 9.98 Å². The summed E-state index contributed by atoms with van der Waals surface area (Å²) in [5, 5.41) is 0.302. The van der Waals surface area contributed by atoms with Crippen LogP contribution in [0.3, 0.4) is 0 Å². The summed E-state index contributed by atoms with van der Waals surface area (Å²) in [4.78, 5) is 33.1. The summed E-state index contributed by atoms with van der Waals surface area (Å²) in [5.74, 6) is -2.20. The summed E-state index contributed by atoms with van der Waals surface area (Å²) in [6, 6.07) is 9.19. The van der Waals surface area contributed by atoms with E-state index in [0.29, 0.717) is 17.1 Å². The van der Waals surface area contributed by atoms with Gasteiger partial charge in [-0.3, -0.25) is 14.4 Å². The zero-order valence-corrected chi connectivity index (χ0v) is 17.1. The molecule has 3 aromatic rings. The molecule has 0 bridgehead atoms. The van der Waals surface area contributed by atoms with Crippen molar-refractivity contribution < 1.29 is 18.3 Å². The zero-order valence-electron chi connectivity index (χ0n) is 16.4. The van der Waals surface area contributed by atoms with Crippen LogP contribution in [0.15, 0.2) is 52.3 Å². The smallest absolute Gasteiger partial charge is 0.355 e. The van der Waals surface area contributed by atoms with Gasteiger partial charge >= 0.3 is 5.97 Å². The number of aromatic nitrogens is 2. The van der Waals surface area contributed by atoms with Crippen molar-refractivity contribution in [3.63, 3.8) is 0 Å². The van der Waals surface area contributed by atoms with E-state index in [0.717, 1.165) is 18.2 Å². The second-order valence-electron chi connectivity index (χ2n) is 6.79. The minimum absolute atomic E-state index is 0.000996. The number of benzene rings is 2. The predicted molar refractivity (Wildman–Crippen MR) is 111 cm³/mol. The van der Waals surface area contributed by atoms with E-state index in [1.54, 1.807) is 12.1 Å². The summed E-state index contributed by atoms with van der Waals surface area (Å²) in [5.41, 5.74) is -0.422. The van der Waals surface area contributed by atoms with Crippen LogP contribution in [0.2, 0.25) is 5.02 Å². The Morgan fingerprint density at radius 3 is 2.65 bits per heavy atom. The first-order valence-electron chi connectivity index (χ1n) is 9.50. The number of fused-ring (bicyclic) bond motifs is 3. The van der Waals surface area contributed by atoms with E-state index < -0.39 is 23.2 Å². The minimum atomic E-state index is -0.805. The molecule has 2 aromatic carbocycles. The fourth-order valence-corrected chi connectivity index (χ4v) is 3.56. The number of halogens is 3. The molecule has 0 amide bonds. The molecule has 0 unspecified atom stereocenters. The highest BCUT2D eigenvalue weighted by Crippen LogP contribution is 2.30. The van der Waals surface area contributed by atoms with Crippen molar-refractivity contribution in [1.82, 2.24) is 9.55 Å². The topological polar surface area (TPSA) is 73.6 Å². The Kier molecular flexibility index (Phi) is 5.65. The van der Waals surface area contributed by atoms with Crippen LogP contribution in [0.5, 0.6) is 0 Å². The zero-order chi connectivity index (χ0) is 22.1. The lowest BCUT2D eigenvalue weighted by atomic mass is 9.99. The van der Waals surface area contributed by atoms with Crippen molar-refractivity contribution in [2.75, 3.05) is 6.61 Å². The Morgan fingerprint density at radius 2 is 1.94 bits per heavy atom. The van der Waals surface area contributed by atoms with Crippen LogP contribution in [-0.2, 0) is 11.3 Å². The maximum atomic E-state index is 14.6. The Hall–Kier alpha value is -3.39. The average Bonchev–Trinajstić information content (AvgIpc) is 2.88. The number of hydrogen-bond acceptors (Lipinski definition) is 5. The molecule has 158 valence electrons. The van der Waals surface area contributed by atoms with Gasteiger partial charge in [0.15, 0.2) is 0 Å². The van der Waals surface area contributed by atoms with Gasteiger partial charge in [0.05, 0.1) is 30.1 Å². The Bertz CT molecular complexity index is 1270.